The van der Waals surface area contributed by atoms with Gasteiger partial charge in [0.25, 0.3) is 0 Å². The first-order chi connectivity index (χ1) is 8.04. The van der Waals surface area contributed by atoms with Crippen molar-refractivity contribution < 1.29 is 14.6 Å². The molecule has 6 nitrogen and oxygen atoms in total. The normalized spacial score (nSPS) is 10.5. The van der Waals surface area contributed by atoms with Crippen LogP contribution in [0.4, 0.5) is 0 Å². The molecule has 1 aromatic rings. The molecule has 0 radical (unpaired) electrons. The van der Waals surface area contributed by atoms with Crippen LogP contribution in [0.1, 0.15) is 16.3 Å². The zero-order chi connectivity index (χ0) is 12.8. The second kappa shape index (κ2) is 6.17. The first-order valence-electron chi connectivity index (χ1n) is 5.33. The number of rotatable bonds is 6. The third-order valence-electron chi connectivity index (χ3n) is 2.15. The average Bonchev–Trinajstić information content (AvgIpc) is 2.67. The zero-order valence-corrected chi connectivity index (χ0v) is 11.0. The predicted octanol–water partition coefficient (Wildman–Crippen LogP) is 0.914. The van der Waals surface area contributed by atoms with Gasteiger partial charge >= 0.3 is 5.97 Å². The Balaban J connectivity index is 2.61. The van der Waals surface area contributed by atoms with Gasteiger partial charge in [-0.05, 0) is 6.04 Å². The lowest BCUT2D eigenvalue weighted by molar-refractivity contribution is 0.0614. The van der Waals surface area contributed by atoms with Crippen LogP contribution < -0.4 is 0 Å². The molecular weight excluding hydrogens is 238 g/mol. The zero-order valence-electron chi connectivity index (χ0n) is 9.88. The summed E-state index contributed by atoms with van der Waals surface area (Å²) in [5.41, 5.74) is 0.0873. The fourth-order valence-corrected chi connectivity index (χ4v) is 1.86. The summed E-state index contributed by atoms with van der Waals surface area (Å²) in [5.74, 6) is -1.32. The van der Waals surface area contributed by atoms with Gasteiger partial charge in [0.15, 0.2) is 5.69 Å². The van der Waals surface area contributed by atoms with Crippen molar-refractivity contribution in [2.75, 3.05) is 6.61 Å². The molecule has 0 aromatic carbocycles. The summed E-state index contributed by atoms with van der Waals surface area (Å²) in [7, 11) is -0.647. The van der Waals surface area contributed by atoms with Gasteiger partial charge in [-0.1, -0.05) is 13.1 Å². The molecular formula is C10H15N3O3Si. The molecule has 0 aliphatic carbocycles. The molecule has 1 heterocycles. The van der Waals surface area contributed by atoms with E-state index in [-0.39, 0.29) is 18.2 Å². The molecule has 0 fully saturated rings. The molecule has 0 spiro atoms. The van der Waals surface area contributed by atoms with Crippen molar-refractivity contribution in [3.05, 3.63) is 17.7 Å². The molecule has 92 valence electrons. The summed E-state index contributed by atoms with van der Waals surface area (Å²) in [6.07, 6.45) is 1.39. The number of hydrogen-bond donors (Lipinski definition) is 1. The Morgan fingerprint density at radius 2 is 2.41 bits per heavy atom. The smallest absolute Gasteiger partial charge is 0.372 e. The average molecular weight is 253 g/mol. The first-order valence-corrected chi connectivity index (χ1v) is 8.45. The van der Waals surface area contributed by atoms with E-state index in [1.807, 2.05) is 6.07 Å². The number of imidazole rings is 1. The summed E-state index contributed by atoms with van der Waals surface area (Å²) in [6, 6.07) is 2.85. The highest BCUT2D eigenvalue weighted by Gasteiger charge is 2.14. The highest BCUT2D eigenvalue weighted by atomic mass is 28.3. The van der Waals surface area contributed by atoms with Crippen LogP contribution in [-0.2, 0) is 11.5 Å². The minimum Gasteiger partial charge on any atom is -0.475 e. The Hall–Kier alpha value is -1.65. The third-order valence-corrected chi connectivity index (χ3v) is 3.54. The van der Waals surface area contributed by atoms with Gasteiger partial charge in [-0.15, -0.1) is 0 Å². The van der Waals surface area contributed by atoms with Crippen LogP contribution in [0.2, 0.25) is 19.1 Å². The van der Waals surface area contributed by atoms with Crippen molar-refractivity contribution in [2.24, 2.45) is 0 Å². The van der Waals surface area contributed by atoms with E-state index in [9.17, 15) is 4.79 Å². The van der Waals surface area contributed by atoms with Gasteiger partial charge < -0.3 is 14.4 Å². The largest absolute Gasteiger partial charge is 0.475 e. The van der Waals surface area contributed by atoms with Crippen molar-refractivity contribution in [1.82, 2.24) is 9.55 Å². The highest BCUT2D eigenvalue weighted by molar-refractivity contribution is 6.55. The molecule has 1 rings (SSSR count). The van der Waals surface area contributed by atoms with E-state index in [4.69, 9.17) is 15.1 Å². The second-order valence-corrected chi connectivity index (χ2v) is 7.42. The van der Waals surface area contributed by atoms with E-state index in [0.29, 0.717) is 6.61 Å². The maximum absolute atomic E-state index is 10.9. The molecule has 0 bridgehead atoms. The summed E-state index contributed by atoms with van der Waals surface area (Å²) in [6.45, 7) is 5.18. The Bertz CT molecular complexity index is 436. The molecule has 0 aliphatic heterocycles. The molecule has 0 saturated carbocycles. The number of nitrogens with zero attached hydrogens (tertiary/aromatic N) is 3. The van der Waals surface area contributed by atoms with Crippen LogP contribution in [-0.4, -0.2) is 36.0 Å². The SMILES string of the molecule is C[SiH](C)CCOCn1cc(C#N)nc1C(=O)O. The number of hydrogen-bond acceptors (Lipinski definition) is 4. The minimum absolute atomic E-state index is 0.0873. The monoisotopic (exact) mass is 253 g/mol. The predicted molar refractivity (Wildman–Crippen MR) is 63.5 cm³/mol. The molecule has 1 aromatic heterocycles. The lowest BCUT2D eigenvalue weighted by Crippen LogP contribution is -2.13. The molecule has 0 aliphatic rings. The topological polar surface area (TPSA) is 88.1 Å². The van der Waals surface area contributed by atoms with E-state index < -0.39 is 14.8 Å². The minimum atomic E-state index is -1.16. The van der Waals surface area contributed by atoms with Gasteiger partial charge in [0.1, 0.15) is 12.8 Å². The first kappa shape index (κ1) is 13.4. The fraction of sp³-hybridized carbons (Fsp3) is 0.500. The van der Waals surface area contributed by atoms with Crippen LogP contribution in [0.3, 0.4) is 0 Å². The van der Waals surface area contributed by atoms with Gasteiger partial charge in [-0.25, -0.2) is 9.78 Å². The number of carbonyl (C=O) groups is 1. The van der Waals surface area contributed by atoms with Crippen molar-refractivity contribution in [3.63, 3.8) is 0 Å². The lowest BCUT2D eigenvalue weighted by Gasteiger charge is -2.07. The molecule has 0 saturated heterocycles. The van der Waals surface area contributed by atoms with Gasteiger partial charge in [-0.2, -0.15) is 5.26 Å². The number of aromatic carboxylic acids is 1. The maximum atomic E-state index is 10.9. The van der Waals surface area contributed by atoms with E-state index in [1.54, 1.807) is 0 Å². The molecule has 7 heteroatoms. The number of carboxylic acid groups (broad SMARTS) is 1. The van der Waals surface area contributed by atoms with E-state index in [0.717, 1.165) is 6.04 Å². The summed E-state index contributed by atoms with van der Waals surface area (Å²) in [5, 5.41) is 17.5. The van der Waals surface area contributed by atoms with Gasteiger partial charge in [-0.3, -0.25) is 0 Å². The lowest BCUT2D eigenvalue weighted by atomic mass is 10.5. The molecule has 1 N–H and O–H groups in total. The standard InChI is InChI=1S/C10H15N3O3Si/c1-17(2)4-3-16-7-13-6-8(5-11)12-9(13)10(14)15/h6,17H,3-4,7H2,1-2H3,(H,14,15). The molecule has 0 unspecified atom stereocenters. The van der Waals surface area contributed by atoms with Crippen molar-refractivity contribution in [2.45, 2.75) is 25.9 Å². The Morgan fingerprint density at radius 1 is 1.71 bits per heavy atom. The summed E-state index contributed by atoms with van der Waals surface area (Å²) in [4.78, 5) is 14.5. The Labute approximate surface area is 101 Å². The van der Waals surface area contributed by atoms with Gasteiger partial charge in [0, 0.05) is 21.6 Å². The van der Waals surface area contributed by atoms with Gasteiger partial charge in [0.2, 0.25) is 5.82 Å². The van der Waals surface area contributed by atoms with E-state index >= 15 is 0 Å². The molecule has 0 amide bonds. The van der Waals surface area contributed by atoms with E-state index in [1.165, 1.54) is 10.8 Å². The van der Waals surface area contributed by atoms with Crippen LogP contribution in [0.5, 0.6) is 0 Å². The number of carboxylic acids is 1. The molecule has 17 heavy (non-hydrogen) atoms. The van der Waals surface area contributed by atoms with Crippen LogP contribution in [0, 0.1) is 11.3 Å². The second-order valence-electron chi connectivity index (χ2n) is 4.06. The van der Waals surface area contributed by atoms with E-state index in [2.05, 4.69) is 18.1 Å². The van der Waals surface area contributed by atoms with Crippen LogP contribution in [0.15, 0.2) is 6.20 Å². The van der Waals surface area contributed by atoms with Crippen molar-refractivity contribution >= 4 is 14.8 Å². The van der Waals surface area contributed by atoms with Crippen LogP contribution in [0.25, 0.3) is 0 Å². The van der Waals surface area contributed by atoms with Crippen molar-refractivity contribution in [1.29, 1.82) is 5.26 Å². The van der Waals surface area contributed by atoms with Crippen LogP contribution >= 0.6 is 0 Å². The number of nitriles is 1. The number of aromatic nitrogens is 2. The third kappa shape index (κ3) is 4.01. The molecule has 0 atom stereocenters. The maximum Gasteiger partial charge on any atom is 0.372 e. The summed E-state index contributed by atoms with van der Waals surface area (Å²) < 4.78 is 6.70. The van der Waals surface area contributed by atoms with Gasteiger partial charge in [0.05, 0.1) is 0 Å². The number of ether oxygens (including phenoxy) is 1. The Morgan fingerprint density at radius 3 is 2.94 bits per heavy atom. The van der Waals surface area contributed by atoms with Crippen molar-refractivity contribution in [3.8, 4) is 6.07 Å². The fourth-order valence-electron chi connectivity index (χ4n) is 1.22. The highest BCUT2D eigenvalue weighted by Crippen LogP contribution is 2.04. The Kier molecular flexibility index (Phi) is 4.87. The summed E-state index contributed by atoms with van der Waals surface area (Å²) >= 11 is 0. The quantitative estimate of drug-likeness (QED) is 0.601.